The fraction of sp³-hybridized carbons (Fsp3) is 0.333. The zero-order valence-corrected chi connectivity index (χ0v) is 22.9. The maximum atomic E-state index is 5.50. The zero-order valence-electron chi connectivity index (χ0n) is 6.88. The molecule has 0 aliphatic rings. The van der Waals surface area contributed by atoms with E-state index >= 15 is 0 Å². The summed E-state index contributed by atoms with van der Waals surface area (Å²) < 4.78 is 5.50. The predicted molar refractivity (Wildman–Crippen MR) is 17.4 cm³/mol. The van der Waals surface area contributed by atoms with Crippen molar-refractivity contribution in [2.45, 2.75) is 6.92 Å². The smallest absolute Gasteiger partial charge is 0 e. The summed E-state index contributed by atoms with van der Waals surface area (Å²) in [5.41, 5.74) is 0. The van der Waals surface area contributed by atoms with Gasteiger partial charge in [0.15, 0.2) is 0 Å². The Kier molecular flexibility index (Phi) is 309. The molecule has 0 heterocycles. The molecule has 0 aromatic rings. The topological polar surface area (TPSA) is 0 Å². The van der Waals surface area contributed by atoms with Crippen LogP contribution in [-0.2, 0) is 196 Å². The SMILES string of the molecule is [3H][CH2-].[CH2-]C.[Y].[Y].[Y].[Y].[Y].[Y]. The molecule has 40 valence electrons. The van der Waals surface area contributed by atoms with Crippen molar-refractivity contribution in [3.8, 4) is 0 Å². The summed E-state index contributed by atoms with van der Waals surface area (Å²) in [6.07, 6.45) is 0. The molecular formula is C3H8Y6-2. The largest absolute Gasteiger partial charge is 0.358 e. The summed E-state index contributed by atoms with van der Waals surface area (Å²) >= 11 is 0. The van der Waals surface area contributed by atoms with E-state index in [2.05, 4.69) is 14.3 Å². The second-order valence-corrected chi connectivity index (χ2v) is 0. The predicted octanol–water partition coefficient (Wildman–Crippen LogP) is 1.28. The van der Waals surface area contributed by atoms with Crippen LogP contribution >= 0.6 is 0 Å². The van der Waals surface area contributed by atoms with E-state index in [9.17, 15) is 0 Å². The quantitative estimate of drug-likeness (QED) is 0.380. The third kappa shape index (κ3) is 53.1. The molecule has 0 spiro atoms. The molecule has 0 amide bonds. The zero-order chi connectivity index (χ0) is 4.00. The van der Waals surface area contributed by atoms with Crippen LogP contribution in [0.1, 0.15) is 8.29 Å². The molecule has 0 aliphatic heterocycles. The first-order chi connectivity index (χ1) is 2.00. The Hall–Kier alpha value is 6.62. The van der Waals surface area contributed by atoms with E-state index in [4.69, 9.17) is 1.37 Å². The Morgan fingerprint density at radius 1 is 0.778 bits per heavy atom. The van der Waals surface area contributed by atoms with Crippen molar-refractivity contribution in [1.29, 1.82) is 0 Å². The van der Waals surface area contributed by atoms with Crippen LogP contribution in [0.3, 0.4) is 0 Å². The van der Waals surface area contributed by atoms with Crippen LogP contribution < -0.4 is 0 Å². The fourth-order valence-electron chi connectivity index (χ4n) is 0. The van der Waals surface area contributed by atoms with E-state index in [-0.39, 0.29) is 196 Å². The van der Waals surface area contributed by atoms with Gasteiger partial charge in [0.2, 0.25) is 0 Å². The Balaban J connectivity index is -0.000000000833. The normalized spacial score (nSPS) is 1.44. The van der Waals surface area contributed by atoms with Crippen molar-refractivity contribution in [2.75, 3.05) is 0 Å². The van der Waals surface area contributed by atoms with E-state index in [1.54, 1.807) is 6.92 Å². The molecule has 0 fully saturated rings. The first-order valence-corrected chi connectivity index (χ1v) is 0.707. The molecule has 0 N–H and O–H groups in total. The van der Waals surface area contributed by atoms with E-state index in [1.165, 1.54) is 0 Å². The van der Waals surface area contributed by atoms with E-state index < -0.39 is 0 Å². The molecule has 6 heteroatoms. The van der Waals surface area contributed by atoms with Gasteiger partial charge in [0.05, 0.1) is 0 Å². The summed E-state index contributed by atoms with van der Waals surface area (Å²) in [5, 5.41) is 0. The van der Waals surface area contributed by atoms with Crippen molar-refractivity contribution in [3.05, 3.63) is 14.3 Å². The van der Waals surface area contributed by atoms with Gasteiger partial charge in [-0.3, -0.25) is 0 Å². The van der Waals surface area contributed by atoms with Crippen LogP contribution in [0.2, 0.25) is 0 Å². The van der Waals surface area contributed by atoms with Gasteiger partial charge >= 0.3 is 0 Å². The Morgan fingerprint density at radius 2 is 0.778 bits per heavy atom. The molecule has 0 unspecified atom stereocenters. The van der Waals surface area contributed by atoms with Crippen molar-refractivity contribution in [1.82, 2.24) is 0 Å². The maximum absolute atomic E-state index is 5.50. The van der Waals surface area contributed by atoms with Crippen LogP contribution in [0.5, 0.6) is 0 Å². The van der Waals surface area contributed by atoms with E-state index in [1.807, 2.05) is 0 Å². The molecule has 0 atom stereocenters. The average molecular weight is 580 g/mol. The molecule has 0 aromatic carbocycles. The fourth-order valence-corrected chi connectivity index (χ4v) is 0. The van der Waals surface area contributed by atoms with Gasteiger partial charge in [0.25, 0.3) is 0 Å². The van der Waals surface area contributed by atoms with Gasteiger partial charge in [-0.2, -0.15) is 6.92 Å². The van der Waals surface area contributed by atoms with Crippen LogP contribution in [-0.4, -0.2) is 0 Å². The molecular weight excluding hydrogens is 569 g/mol. The first-order valence-electron chi connectivity index (χ1n) is 1.41. The van der Waals surface area contributed by atoms with Gasteiger partial charge in [0, 0.05) is 196 Å². The summed E-state index contributed by atoms with van der Waals surface area (Å²) in [6.45, 7) is 5.00. The van der Waals surface area contributed by atoms with Gasteiger partial charge in [-0.15, -0.1) is 0 Å². The maximum Gasteiger partial charge on any atom is 0 e. The minimum absolute atomic E-state index is 0. The summed E-state index contributed by atoms with van der Waals surface area (Å²) in [5.74, 6) is 0. The van der Waals surface area contributed by atoms with Crippen LogP contribution in [0.15, 0.2) is 0 Å². The van der Waals surface area contributed by atoms with Gasteiger partial charge in [-0.05, 0) is 0 Å². The molecule has 0 nitrogen and oxygen atoms in total. The van der Waals surface area contributed by atoms with Gasteiger partial charge in [-0.25, -0.2) is 1.37 Å². The molecule has 0 bridgehead atoms. The third-order valence-electron chi connectivity index (χ3n) is 0. The van der Waals surface area contributed by atoms with E-state index in [0.29, 0.717) is 0 Å². The van der Waals surface area contributed by atoms with Gasteiger partial charge in [-0.1, -0.05) is 0 Å². The summed E-state index contributed by atoms with van der Waals surface area (Å²) in [7, 11) is 2.50. The second-order valence-electron chi connectivity index (χ2n) is 0. The Bertz CT molecular complexity index is 13.0. The molecule has 0 rings (SSSR count). The molecule has 0 aliphatic carbocycles. The second kappa shape index (κ2) is 61.9. The molecule has 0 aromatic heterocycles. The summed E-state index contributed by atoms with van der Waals surface area (Å²) in [6, 6.07) is 0. The third-order valence-corrected chi connectivity index (χ3v) is 0. The van der Waals surface area contributed by atoms with E-state index in [0.717, 1.165) is 0 Å². The average Bonchev–Trinajstić information content (AvgIpc) is 1.50. The molecule has 9 heavy (non-hydrogen) atoms. The molecule has 6 radical (unpaired) electrons. The van der Waals surface area contributed by atoms with Crippen molar-refractivity contribution < 1.29 is 198 Å². The monoisotopic (exact) mass is 580 g/mol. The van der Waals surface area contributed by atoms with Gasteiger partial charge in [0.1, 0.15) is 0 Å². The summed E-state index contributed by atoms with van der Waals surface area (Å²) in [4.78, 5) is 0. The standard InChI is InChI=1S/C2H5.CH3.6Y/c1-2;;;;;;;/h1H2,2H3;1H3;;;;;;/q2*-1;;;;;;/i;1T;;;;;;. The molecule has 0 saturated carbocycles. The van der Waals surface area contributed by atoms with Gasteiger partial charge < -0.3 is 14.3 Å². The number of hydrogen-bond acceptors (Lipinski definition) is 0. The van der Waals surface area contributed by atoms with Crippen LogP contribution in [0, 0.1) is 14.3 Å². The number of rotatable bonds is 0. The van der Waals surface area contributed by atoms with Crippen LogP contribution in [0.4, 0.5) is 0 Å². The van der Waals surface area contributed by atoms with Crippen LogP contribution in [0.25, 0.3) is 0 Å². The van der Waals surface area contributed by atoms with Crippen molar-refractivity contribution >= 4 is 0 Å². The Morgan fingerprint density at radius 3 is 0.778 bits per heavy atom. The number of hydrogen-bond donors (Lipinski definition) is 0. The van der Waals surface area contributed by atoms with Crippen molar-refractivity contribution in [3.63, 3.8) is 0 Å². The Labute approximate surface area is 212 Å². The minimum atomic E-state index is 0. The molecule has 0 saturated heterocycles. The first kappa shape index (κ1) is 44.9. The van der Waals surface area contributed by atoms with Crippen molar-refractivity contribution in [2.24, 2.45) is 0 Å². The minimum Gasteiger partial charge on any atom is -0.358 e.